The minimum atomic E-state index is -2.13. The summed E-state index contributed by atoms with van der Waals surface area (Å²) >= 11 is -2.95. The van der Waals surface area contributed by atoms with Crippen molar-refractivity contribution < 1.29 is 54.3 Å². The summed E-state index contributed by atoms with van der Waals surface area (Å²) in [6.07, 6.45) is 0. The second-order valence-electron chi connectivity index (χ2n) is 5.79. The van der Waals surface area contributed by atoms with Gasteiger partial charge in [0, 0.05) is 0 Å². The van der Waals surface area contributed by atoms with Gasteiger partial charge in [-0.15, -0.1) is 0 Å². The maximum absolute atomic E-state index is 8.76. The van der Waals surface area contributed by atoms with Gasteiger partial charge in [0.15, 0.2) is 0 Å². The Morgan fingerprint density at radius 2 is 0.645 bits per heavy atom. The van der Waals surface area contributed by atoms with E-state index in [4.69, 9.17) is 57.9 Å². The van der Waals surface area contributed by atoms with Crippen molar-refractivity contribution in [3.8, 4) is 17.2 Å². The molecule has 0 aliphatic heterocycles. The summed E-state index contributed by atoms with van der Waals surface area (Å²) in [4.78, 5) is 0. The third-order valence-corrected chi connectivity index (χ3v) is 3.10. The first-order valence-corrected chi connectivity index (χ1v) is 24.4. The normalized spacial score (nSPS) is 8.39. The molecule has 3 rings (SSSR count). The van der Waals surface area contributed by atoms with Gasteiger partial charge in [-0.05, 0) is 57.2 Å². The average molecular weight is 684 g/mol. The van der Waals surface area contributed by atoms with Crippen molar-refractivity contribution in [3.63, 3.8) is 0 Å². The van der Waals surface area contributed by atoms with Crippen LogP contribution in [0.4, 0.5) is 0 Å². The van der Waals surface area contributed by atoms with E-state index in [0.29, 0.717) is 17.2 Å². The Morgan fingerprint density at radius 1 is 0.516 bits per heavy atom. The van der Waals surface area contributed by atoms with Crippen molar-refractivity contribution in [2.75, 3.05) is 0 Å². The first kappa shape index (κ1) is 33.4. The van der Waals surface area contributed by atoms with Gasteiger partial charge in [-0.25, -0.2) is 0 Å². The van der Waals surface area contributed by atoms with Crippen LogP contribution in [0.25, 0.3) is 0 Å². The molecular formula is C21H24Cl5O3Zr2. The predicted octanol–water partition coefficient (Wildman–Crippen LogP) is 8.54. The van der Waals surface area contributed by atoms with Crippen LogP contribution in [0.15, 0.2) is 72.8 Å². The summed E-state index contributed by atoms with van der Waals surface area (Å²) in [7, 11) is 24.9. The van der Waals surface area contributed by atoms with E-state index in [1.807, 2.05) is 57.2 Å². The number of hydrogen-bond donors (Lipinski definition) is 3. The van der Waals surface area contributed by atoms with Gasteiger partial charge >= 0.3 is 81.6 Å². The molecular weight excluding hydrogens is 660 g/mol. The van der Waals surface area contributed by atoms with Crippen molar-refractivity contribution in [1.82, 2.24) is 0 Å². The second kappa shape index (κ2) is 22.1. The first-order chi connectivity index (χ1) is 14.5. The van der Waals surface area contributed by atoms with Crippen molar-refractivity contribution in [1.29, 1.82) is 0 Å². The van der Waals surface area contributed by atoms with E-state index in [0.717, 1.165) is 0 Å². The molecule has 3 aromatic rings. The molecule has 3 nitrogen and oxygen atoms in total. The van der Waals surface area contributed by atoms with Crippen LogP contribution in [0.5, 0.6) is 17.2 Å². The van der Waals surface area contributed by atoms with Crippen LogP contribution >= 0.6 is 42.6 Å². The van der Waals surface area contributed by atoms with Crippen molar-refractivity contribution in [3.05, 3.63) is 89.5 Å². The fourth-order valence-corrected chi connectivity index (χ4v) is 1.63. The number of aromatic hydroxyl groups is 3. The number of halogens is 5. The van der Waals surface area contributed by atoms with E-state index in [1.165, 1.54) is 16.7 Å². The summed E-state index contributed by atoms with van der Waals surface area (Å²) in [6, 6.07) is 21.3. The fraction of sp³-hybridized carbons (Fsp3) is 0.143. The predicted molar refractivity (Wildman–Crippen MR) is 128 cm³/mol. The molecule has 31 heavy (non-hydrogen) atoms. The number of rotatable bonds is 0. The molecule has 0 aromatic heterocycles. The quantitative estimate of drug-likeness (QED) is 0.223. The fourth-order valence-electron chi connectivity index (χ4n) is 1.63. The van der Waals surface area contributed by atoms with E-state index in [9.17, 15) is 0 Å². The third-order valence-electron chi connectivity index (χ3n) is 3.10. The Kier molecular flexibility index (Phi) is 23.8. The Balaban J connectivity index is 0. The second-order valence-corrected chi connectivity index (χ2v) is 20.7. The van der Waals surface area contributed by atoms with E-state index in [2.05, 4.69) is 0 Å². The van der Waals surface area contributed by atoms with Crippen LogP contribution in [0, 0.1) is 20.8 Å². The topological polar surface area (TPSA) is 60.7 Å². The molecule has 0 saturated heterocycles. The number of hydrogen-bond acceptors (Lipinski definition) is 3. The molecule has 0 radical (unpaired) electrons. The van der Waals surface area contributed by atoms with Crippen molar-refractivity contribution in [2.24, 2.45) is 0 Å². The molecule has 0 bridgehead atoms. The number of aryl methyl sites for hydroxylation is 3. The minimum absolute atomic E-state index is 0.329. The summed E-state index contributed by atoms with van der Waals surface area (Å²) in [5.74, 6) is 0.988. The average Bonchev–Trinajstić information content (AvgIpc) is 2.70. The zero-order valence-corrected chi connectivity index (χ0v) is 25.9. The van der Waals surface area contributed by atoms with Gasteiger partial charge < -0.3 is 15.3 Å². The van der Waals surface area contributed by atoms with Crippen LogP contribution in [0.2, 0.25) is 0 Å². The van der Waals surface area contributed by atoms with Gasteiger partial charge in [0.05, 0.1) is 0 Å². The van der Waals surface area contributed by atoms with E-state index in [-0.39, 0.29) is 0 Å². The molecule has 0 atom stereocenters. The van der Waals surface area contributed by atoms with Crippen LogP contribution in [-0.4, -0.2) is 15.3 Å². The zero-order valence-electron chi connectivity index (χ0n) is 17.2. The van der Waals surface area contributed by atoms with Crippen molar-refractivity contribution >= 4 is 42.6 Å². The van der Waals surface area contributed by atoms with E-state index >= 15 is 0 Å². The monoisotopic (exact) mass is 679 g/mol. The zero-order chi connectivity index (χ0) is 24.2. The van der Waals surface area contributed by atoms with Crippen LogP contribution in [-0.2, 0) is 39.0 Å². The van der Waals surface area contributed by atoms with Crippen LogP contribution < -0.4 is 0 Å². The molecule has 0 fully saturated rings. The number of phenolic OH excluding ortho intramolecular Hbond substituents is 3. The molecule has 0 amide bonds. The van der Waals surface area contributed by atoms with Gasteiger partial charge in [0.25, 0.3) is 0 Å². The van der Waals surface area contributed by atoms with E-state index in [1.54, 1.807) is 36.4 Å². The third kappa shape index (κ3) is 26.4. The Bertz CT molecular complexity index is 618. The van der Waals surface area contributed by atoms with Crippen molar-refractivity contribution in [2.45, 2.75) is 20.8 Å². The first-order valence-electron chi connectivity index (χ1n) is 8.58. The summed E-state index contributed by atoms with van der Waals surface area (Å²) in [6.45, 7) is 5.96. The van der Waals surface area contributed by atoms with Crippen LogP contribution in [0.1, 0.15) is 16.7 Å². The van der Waals surface area contributed by atoms with Gasteiger partial charge in [-0.2, -0.15) is 0 Å². The molecule has 0 heterocycles. The molecule has 0 spiro atoms. The Hall–Kier alpha value is 0.276. The van der Waals surface area contributed by atoms with Gasteiger partial charge in [0.1, 0.15) is 17.2 Å². The van der Waals surface area contributed by atoms with Gasteiger partial charge in [-0.1, -0.05) is 53.1 Å². The molecule has 0 saturated carbocycles. The molecule has 10 heteroatoms. The Morgan fingerprint density at radius 3 is 0.742 bits per heavy atom. The number of phenols is 3. The molecule has 3 aromatic carbocycles. The summed E-state index contributed by atoms with van der Waals surface area (Å²) < 4.78 is 0. The van der Waals surface area contributed by atoms with E-state index < -0.39 is 39.0 Å². The molecule has 0 aliphatic rings. The summed E-state index contributed by atoms with van der Waals surface area (Å²) in [5, 5.41) is 26.3. The molecule has 169 valence electrons. The molecule has 0 unspecified atom stereocenters. The SMILES string of the molecule is Cc1ccc(O)cc1.Cc1ccc(O)cc1.Cc1ccc(O)cc1.[Cl][Zr]([Cl])[Cl].[Cl][Zr][Cl]. The standard InChI is InChI=1S/3C7H8O.5ClH.2Zr/c3*1-6-2-4-7(8)5-3-6;;;;;;;/h3*2-5,8H,1H3;5*1H;;/q;;;;;;;;+2;+3/p-5. The van der Waals surface area contributed by atoms with Gasteiger partial charge in [0.2, 0.25) is 0 Å². The number of benzene rings is 3. The molecule has 3 N–H and O–H groups in total. The maximum atomic E-state index is 8.76. The molecule has 0 aliphatic carbocycles. The Labute approximate surface area is 221 Å². The van der Waals surface area contributed by atoms with Gasteiger partial charge in [-0.3, -0.25) is 0 Å². The summed E-state index contributed by atoms with van der Waals surface area (Å²) in [5.41, 5.74) is 3.51. The van der Waals surface area contributed by atoms with Crippen LogP contribution in [0.3, 0.4) is 0 Å².